The van der Waals surface area contributed by atoms with Crippen LogP contribution in [0.1, 0.15) is 42.7 Å². The molecule has 0 aliphatic rings. The fraction of sp³-hybridized carbons (Fsp3) is 0.316. The van der Waals surface area contributed by atoms with Gasteiger partial charge in [0.05, 0.1) is 0 Å². The molecular weight excluding hydrogens is 323 g/mol. The van der Waals surface area contributed by atoms with Crippen LogP contribution in [0.15, 0.2) is 60.7 Å². The molecule has 0 fully saturated rings. The normalized spacial score (nSPS) is 11.6. The van der Waals surface area contributed by atoms with E-state index in [0.29, 0.717) is 6.42 Å². The van der Waals surface area contributed by atoms with Gasteiger partial charge in [-0.3, -0.25) is 9.36 Å². The highest BCUT2D eigenvalue weighted by molar-refractivity contribution is 7.52. The van der Waals surface area contributed by atoms with Crippen LogP contribution in [0.4, 0.5) is 0 Å². The van der Waals surface area contributed by atoms with E-state index in [1.165, 1.54) is 11.1 Å². The van der Waals surface area contributed by atoms with Gasteiger partial charge in [0.25, 0.3) is 0 Å². The van der Waals surface area contributed by atoms with Gasteiger partial charge in [0.15, 0.2) is 0 Å². The molecule has 5 heteroatoms. The van der Waals surface area contributed by atoms with E-state index in [-0.39, 0.29) is 18.1 Å². The molecule has 0 spiro atoms. The minimum absolute atomic E-state index is 0.224. The molecule has 0 saturated carbocycles. The van der Waals surface area contributed by atoms with Gasteiger partial charge in [-0.15, -0.1) is 0 Å². The van der Waals surface area contributed by atoms with Gasteiger partial charge in [0.2, 0.25) is 0 Å². The van der Waals surface area contributed by atoms with Crippen molar-refractivity contribution in [1.82, 2.24) is 0 Å². The van der Waals surface area contributed by atoms with E-state index in [1.54, 1.807) is 0 Å². The Bertz CT molecular complexity index is 640. The molecule has 0 aliphatic carbocycles. The minimum atomic E-state index is -4.23. The summed E-state index contributed by atoms with van der Waals surface area (Å²) < 4.78 is 10.8. The Morgan fingerprint density at radius 3 is 1.83 bits per heavy atom. The first-order valence-corrected chi connectivity index (χ1v) is 9.91. The summed E-state index contributed by atoms with van der Waals surface area (Å²) in [6.07, 6.45) is 1.96. The third kappa shape index (κ3) is 6.40. The van der Waals surface area contributed by atoms with Crippen molar-refractivity contribution in [3.63, 3.8) is 0 Å². The third-order valence-electron chi connectivity index (χ3n) is 3.98. The smallest absolute Gasteiger partial charge is 0.324 e. The van der Waals surface area contributed by atoms with Crippen molar-refractivity contribution in [1.29, 1.82) is 0 Å². The van der Waals surface area contributed by atoms with E-state index in [4.69, 9.17) is 9.79 Å². The largest absolute Gasteiger partial charge is 0.332 e. The summed E-state index contributed by atoms with van der Waals surface area (Å²) in [5.74, 6) is -0.0939. The molecule has 0 unspecified atom stereocenters. The van der Waals surface area contributed by atoms with Crippen molar-refractivity contribution in [3.05, 3.63) is 71.8 Å². The zero-order valence-corrected chi connectivity index (χ0v) is 14.4. The first kappa shape index (κ1) is 18.6. The fourth-order valence-corrected chi connectivity index (χ4v) is 3.49. The van der Waals surface area contributed by atoms with Crippen LogP contribution in [0.25, 0.3) is 0 Å². The molecule has 128 valence electrons. The molecule has 0 atom stereocenters. The second-order valence-electron chi connectivity index (χ2n) is 5.98. The summed E-state index contributed by atoms with van der Waals surface area (Å²) in [4.78, 5) is 29.2. The first-order chi connectivity index (χ1) is 11.5. The quantitative estimate of drug-likeness (QED) is 0.529. The molecule has 0 aliphatic heterocycles. The SMILES string of the molecule is O=C(CCCCC(c1ccccc1)c1ccccc1)CP(=O)(O)O. The summed E-state index contributed by atoms with van der Waals surface area (Å²) >= 11 is 0. The van der Waals surface area contributed by atoms with Crippen molar-refractivity contribution >= 4 is 13.4 Å². The van der Waals surface area contributed by atoms with Crippen LogP contribution in [-0.4, -0.2) is 21.7 Å². The number of carbonyl (C=O) groups is 1. The van der Waals surface area contributed by atoms with Gasteiger partial charge in [0, 0.05) is 12.3 Å². The number of benzene rings is 2. The van der Waals surface area contributed by atoms with Gasteiger partial charge in [-0.25, -0.2) is 0 Å². The topological polar surface area (TPSA) is 74.6 Å². The van der Waals surface area contributed by atoms with Gasteiger partial charge in [0.1, 0.15) is 11.9 Å². The van der Waals surface area contributed by atoms with Crippen LogP contribution in [0, 0.1) is 0 Å². The summed E-state index contributed by atoms with van der Waals surface area (Å²) in [7, 11) is -4.23. The average Bonchev–Trinajstić information content (AvgIpc) is 2.55. The van der Waals surface area contributed by atoms with Crippen molar-refractivity contribution in [2.45, 2.75) is 31.6 Å². The molecule has 0 saturated heterocycles. The molecule has 4 nitrogen and oxygen atoms in total. The number of rotatable bonds is 9. The Labute approximate surface area is 142 Å². The van der Waals surface area contributed by atoms with Gasteiger partial charge >= 0.3 is 7.60 Å². The maximum atomic E-state index is 11.6. The van der Waals surface area contributed by atoms with E-state index < -0.39 is 13.8 Å². The van der Waals surface area contributed by atoms with E-state index >= 15 is 0 Å². The molecule has 2 N–H and O–H groups in total. The van der Waals surface area contributed by atoms with E-state index in [9.17, 15) is 9.36 Å². The van der Waals surface area contributed by atoms with Crippen molar-refractivity contribution < 1.29 is 19.1 Å². The number of hydrogen-bond donors (Lipinski definition) is 2. The summed E-state index contributed by atoms with van der Waals surface area (Å²) in [6, 6.07) is 20.5. The maximum absolute atomic E-state index is 11.6. The Morgan fingerprint density at radius 1 is 0.875 bits per heavy atom. The predicted molar refractivity (Wildman–Crippen MR) is 95.1 cm³/mol. The molecule has 0 amide bonds. The van der Waals surface area contributed by atoms with Gasteiger partial charge in [-0.1, -0.05) is 67.1 Å². The molecule has 0 aromatic heterocycles. The second-order valence-corrected chi connectivity index (χ2v) is 7.63. The van der Waals surface area contributed by atoms with Crippen LogP contribution in [0.2, 0.25) is 0 Å². The minimum Gasteiger partial charge on any atom is -0.324 e. The van der Waals surface area contributed by atoms with Gasteiger partial charge < -0.3 is 9.79 Å². The average molecular weight is 346 g/mol. The van der Waals surface area contributed by atoms with Gasteiger partial charge in [-0.05, 0) is 24.0 Å². The maximum Gasteiger partial charge on any atom is 0.332 e. The Morgan fingerprint density at radius 2 is 1.38 bits per heavy atom. The Balaban J connectivity index is 1.93. The fourth-order valence-electron chi connectivity index (χ4n) is 2.88. The molecule has 0 bridgehead atoms. The van der Waals surface area contributed by atoms with Gasteiger partial charge in [-0.2, -0.15) is 0 Å². The lowest BCUT2D eigenvalue weighted by Crippen LogP contribution is -2.06. The van der Waals surface area contributed by atoms with Crippen LogP contribution in [-0.2, 0) is 9.36 Å². The standard InChI is InChI=1S/C19H23O4P/c20-18(15-24(21,22)23)13-7-8-14-19(16-9-3-1-4-10-16)17-11-5-2-6-12-17/h1-6,9-12,19H,7-8,13-15H2,(H2,21,22,23). The van der Waals surface area contributed by atoms with Crippen LogP contribution >= 0.6 is 7.60 Å². The monoisotopic (exact) mass is 346 g/mol. The highest BCUT2D eigenvalue weighted by Gasteiger charge is 2.19. The van der Waals surface area contributed by atoms with Crippen LogP contribution in [0.5, 0.6) is 0 Å². The second kappa shape index (κ2) is 8.93. The molecule has 2 rings (SSSR count). The highest BCUT2D eigenvalue weighted by atomic mass is 31.2. The van der Waals surface area contributed by atoms with E-state index in [0.717, 1.165) is 12.8 Å². The van der Waals surface area contributed by atoms with E-state index in [1.807, 2.05) is 36.4 Å². The van der Waals surface area contributed by atoms with E-state index in [2.05, 4.69) is 24.3 Å². The zero-order chi connectivity index (χ0) is 17.4. The molecular formula is C19H23O4P. The Kier molecular flexibility index (Phi) is 6.92. The highest BCUT2D eigenvalue weighted by Crippen LogP contribution is 2.34. The number of Topliss-reactive ketones (excluding diaryl/α,β-unsaturated/α-hetero) is 1. The molecule has 0 radical (unpaired) electrons. The summed E-state index contributed by atoms with van der Waals surface area (Å²) in [5.41, 5.74) is 2.48. The molecule has 0 heterocycles. The van der Waals surface area contributed by atoms with Crippen molar-refractivity contribution in [2.75, 3.05) is 6.16 Å². The lowest BCUT2D eigenvalue weighted by atomic mass is 9.87. The van der Waals surface area contributed by atoms with Crippen LogP contribution < -0.4 is 0 Å². The van der Waals surface area contributed by atoms with Crippen molar-refractivity contribution in [2.24, 2.45) is 0 Å². The zero-order valence-electron chi connectivity index (χ0n) is 13.5. The molecule has 2 aromatic rings. The number of hydrogen-bond acceptors (Lipinski definition) is 2. The van der Waals surface area contributed by atoms with Crippen LogP contribution in [0.3, 0.4) is 0 Å². The summed E-state index contributed by atoms with van der Waals surface area (Å²) in [6.45, 7) is 0. The lowest BCUT2D eigenvalue weighted by Gasteiger charge is -2.18. The number of ketones is 1. The lowest BCUT2D eigenvalue weighted by molar-refractivity contribution is -0.117. The molecule has 24 heavy (non-hydrogen) atoms. The Hall–Kier alpha value is -1.74. The third-order valence-corrected chi connectivity index (χ3v) is 4.75. The summed E-state index contributed by atoms with van der Waals surface area (Å²) in [5, 5.41) is 0. The van der Waals surface area contributed by atoms with Crippen molar-refractivity contribution in [3.8, 4) is 0 Å². The molecule has 2 aromatic carbocycles. The first-order valence-electron chi connectivity index (χ1n) is 8.12. The number of unbranched alkanes of at least 4 members (excludes halogenated alkanes) is 1. The number of carbonyl (C=O) groups excluding carboxylic acids is 1. The predicted octanol–water partition coefficient (Wildman–Crippen LogP) is 4.13.